The van der Waals surface area contributed by atoms with Crippen molar-refractivity contribution in [1.29, 1.82) is 0 Å². The Morgan fingerprint density at radius 3 is 2.14 bits per heavy atom. The zero-order valence-electron chi connectivity index (χ0n) is 3.16. The molecule has 0 aromatic heterocycles. The summed E-state index contributed by atoms with van der Waals surface area (Å²) in [5, 5.41) is 9.16. The van der Waals surface area contributed by atoms with Crippen LogP contribution < -0.4 is 0 Å². The summed E-state index contributed by atoms with van der Waals surface area (Å²) in [7, 11) is 0. The largest absolute Gasteiger partial charge is 0.508 e. The summed E-state index contributed by atoms with van der Waals surface area (Å²) in [6.45, 7) is 0. The second-order valence-corrected chi connectivity index (χ2v) is 0.713. The standard InChI is InChI=1S/C2HNO4/c4-1-2(5)3(6)7/h1H. The van der Waals surface area contributed by atoms with Gasteiger partial charge in [0.2, 0.25) is 0 Å². The van der Waals surface area contributed by atoms with Gasteiger partial charge in [-0.25, -0.2) is 4.79 Å². The minimum Gasteiger partial charge on any atom is -0.287 e. The summed E-state index contributed by atoms with van der Waals surface area (Å²) in [6, 6.07) is 0. The Bertz CT molecular complexity index is 117. The molecule has 0 aliphatic rings. The molecule has 0 bridgehead atoms. The molecule has 0 aliphatic heterocycles. The zero-order chi connectivity index (χ0) is 5.86. The Morgan fingerprint density at radius 2 is 2.14 bits per heavy atom. The molecule has 0 aromatic rings. The number of hydrogen-bond donors (Lipinski definition) is 0. The molecule has 0 aliphatic carbocycles. The van der Waals surface area contributed by atoms with E-state index in [1.807, 2.05) is 0 Å². The fraction of sp³-hybridized carbons (Fsp3) is 0. The van der Waals surface area contributed by atoms with E-state index in [4.69, 9.17) is 14.9 Å². The molecule has 0 fully saturated rings. The average Bonchev–Trinajstić information content (AvgIpc) is 1.65. The molecule has 0 N–H and O–H groups in total. The molecule has 0 atom stereocenters. The summed E-state index contributed by atoms with van der Waals surface area (Å²) in [4.78, 5) is 26.5. The third-order valence-corrected chi connectivity index (χ3v) is 0.281. The number of nitrogens with zero attached hydrogens (tertiary/aromatic N) is 1. The highest BCUT2D eigenvalue weighted by molar-refractivity contribution is 6.19. The Hall–Kier alpha value is -1.26. The summed E-state index contributed by atoms with van der Waals surface area (Å²) in [5.74, 6) is -1.61. The topological polar surface area (TPSA) is 77.3 Å². The highest BCUT2D eigenvalue weighted by Crippen LogP contribution is 1.62. The van der Waals surface area contributed by atoms with Crippen LogP contribution in [0.15, 0.2) is 0 Å². The fourth-order valence-corrected chi connectivity index (χ4v) is 0.0430. The van der Waals surface area contributed by atoms with Gasteiger partial charge in [0.1, 0.15) is 4.92 Å². The Labute approximate surface area is 38.1 Å². The fourth-order valence-electron chi connectivity index (χ4n) is 0.0430. The van der Waals surface area contributed by atoms with Crippen LogP contribution in [0.25, 0.3) is 0 Å². The van der Waals surface area contributed by atoms with Crippen LogP contribution in [-0.4, -0.2) is 17.1 Å². The van der Waals surface area contributed by atoms with Crippen LogP contribution in [-0.2, 0) is 9.59 Å². The second kappa shape index (κ2) is 2.01. The Kier molecular flexibility index (Phi) is 1.65. The maximum absolute atomic E-state index is 9.44. The van der Waals surface area contributed by atoms with Crippen molar-refractivity contribution < 1.29 is 14.5 Å². The highest BCUT2D eigenvalue weighted by Gasteiger charge is 2.09. The van der Waals surface area contributed by atoms with Gasteiger partial charge in [-0.1, -0.05) is 0 Å². The van der Waals surface area contributed by atoms with Gasteiger partial charge in [-0.2, -0.15) is 0 Å². The van der Waals surface area contributed by atoms with Crippen molar-refractivity contribution in [1.82, 2.24) is 0 Å². The van der Waals surface area contributed by atoms with Crippen molar-refractivity contribution in [3.8, 4) is 0 Å². The third-order valence-electron chi connectivity index (χ3n) is 0.281. The highest BCUT2D eigenvalue weighted by atomic mass is 16.6. The van der Waals surface area contributed by atoms with Gasteiger partial charge in [-0.05, 0) is 0 Å². The number of aldehydes is 1. The van der Waals surface area contributed by atoms with E-state index >= 15 is 0 Å². The van der Waals surface area contributed by atoms with Crippen LogP contribution in [0.2, 0.25) is 0 Å². The van der Waals surface area contributed by atoms with Gasteiger partial charge in [0, 0.05) is 0 Å². The van der Waals surface area contributed by atoms with E-state index in [2.05, 4.69) is 0 Å². The van der Waals surface area contributed by atoms with Crippen LogP contribution in [0.1, 0.15) is 0 Å². The van der Waals surface area contributed by atoms with Crippen molar-refractivity contribution in [2.75, 3.05) is 0 Å². The van der Waals surface area contributed by atoms with E-state index in [-0.39, 0.29) is 6.29 Å². The quantitative estimate of drug-likeness (QED) is 0.184. The predicted octanol–water partition coefficient (Wildman–Crippen LogP) is -1.01. The molecular weight excluding hydrogens is 102 g/mol. The molecule has 0 rings (SSSR count). The zero-order valence-corrected chi connectivity index (χ0v) is 3.16. The molecule has 0 spiro atoms. The summed E-state index contributed by atoms with van der Waals surface area (Å²) in [6.07, 6.45) is -0.347. The molecule has 5 heteroatoms. The van der Waals surface area contributed by atoms with E-state index in [0.717, 1.165) is 0 Å². The lowest BCUT2D eigenvalue weighted by Gasteiger charge is -1.71. The predicted molar refractivity (Wildman–Crippen MR) is 18.1 cm³/mol. The van der Waals surface area contributed by atoms with Crippen LogP contribution in [0.5, 0.6) is 0 Å². The van der Waals surface area contributed by atoms with E-state index in [1.54, 1.807) is 0 Å². The molecule has 0 unspecified atom stereocenters. The molecule has 0 saturated carbocycles. The second-order valence-electron chi connectivity index (χ2n) is 0.713. The summed E-state index contributed by atoms with van der Waals surface area (Å²) >= 11 is 0. The number of carbonyl (C=O) groups excluding carboxylic acids is 2. The van der Waals surface area contributed by atoms with E-state index in [9.17, 15) is 4.79 Å². The van der Waals surface area contributed by atoms with Gasteiger partial charge in [0.15, 0.2) is 0 Å². The van der Waals surface area contributed by atoms with Crippen molar-refractivity contribution in [3.63, 3.8) is 0 Å². The number of amides is 1. The van der Waals surface area contributed by atoms with E-state index < -0.39 is 10.8 Å². The van der Waals surface area contributed by atoms with Gasteiger partial charge in [0.05, 0.1) is 0 Å². The Morgan fingerprint density at radius 1 is 1.71 bits per heavy atom. The molecule has 38 valence electrons. The molecule has 0 saturated heterocycles. The lowest BCUT2D eigenvalue weighted by atomic mass is 10.7. The van der Waals surface area contributed by atoms with Crippen LogP contribution >= 0.6 is 0 Å². The first kappa shape index (κ1) is 5.74. The van der Waals surface area contributed by atoms with Crippen LogP contribution in [0.3, 0.4) is 0 Å². The average molecular weight is 103 g/mol. The number of carbonyl (C=O) groups is 2. The molecule has 0 heterocycles. The van der Waals surface area contributed by atoms with Crippen LogP contribution in [0.4, 0.5) is 0 Å². The van der Waals surface area contributed by atoms with Gasteiger partial charge in [-0.3, -0.25) is 14.9 Å². The van der Waals surface area contributed by atoms with Gasteiger partial charge in [0.25, 0.3) is 6.29 Å². The molecule has 5 nitrogen and oxygen atoms in total. The monoisotopic (exact) mass is 103 g/mol. The normalized spacial score (nSPS) is 7.43. The van der Waals surface area contributed by atoms with Gasteiger partial charge < -0.3 is 0 Å². The van der Waals surface area contributed by atoms with E-state index in [1.165, 1.54) is 0 Å². The van der Waals surface area contributed by atoms with Gasteiger partial charge in [-0.15, -0.1) is 0 Å². The first-order valence-electron chi connectivity index (χ1n) is 1.32. The number of nitro groups is 1. The van der Waals surface area contributed by atoms with Crippen molar-refractivity contribution in [3.05, 3.63) is 10.1 Å². The first-order valence-corrected chi connectivity index (χ1v) is 1.32. The van der Waals surface area contributed by atoms with E-state index in [0.29, 0.717) is 0 Å². The lowest BCUT2D eigenvalue weighted by Crippen LogP contribution is -2.11. The molecular formula is C2HNO4. The summed E-state index contributed by atoms with van der Waals surface area (Å²) in [5.41, 5.74) is 0. The van der Waals surface area contributed by atoms with Crippen LogP contribution in [0, 0.1) is 10.1 Å². The molecule has 1 amide bonds. The third kappa shape index (κ3) is 1.58. The Balaban J connectivity index is 3.81. The molecule has 0 aromatic carbocycles. The lowest BCUT2D eigenvalue weighted by molar-refractivity contribution is -0.395. The first-order chi connectivity index (χ1) is 3.18. The smallest absolute Gasteiger partial charge is 0.287 e. The maximum Gasteiger partial charge on any atom is 0.508 e. The number of rotatable bonds is 1. The van der Waals surface area contributed by atoms with Crippen molar-refractivity contribution in [2.24, 2.45) is 0 Å². The summed E-state index contributed by atoms with van der Waals surface area (Å²) < 4.78 is 0. The number of hydrogen-bond acceptors (Lipinski definition) is 4. The maximum atomic E-state index is 9.44. The van der Waals surface area contributed by atoms with Gasteiger partial charge >= 0.3 is 5.91 Å². The molecule has 7 heavy (non-hydrogen) atoms. The minimum absolute atomic E-state index is 0.347. The van der Waals surface area contributed by atoms with Crippen molar-refractivity contribution >= 4 is 12.2 Å². The SMILES string of the molecule is O=CC(=O)[N+](=O)[O-]. The minimum atomic E-state index is -1.61. The molecule has 0 radical (unpaired) electrons. The van der Waals surface area contributed by atoms with Crippen molar-refractivity contribution in [2.45, 2.75) is 0 Å².